The van der Waals surface area contributed by atoms with E-state index in [0.29, 0.717) is 31.5 Å². The Bertz CT molecular complexity index is 812. The molecular formula is C20H27IN4O3S. The van der Waals surface area contributed by atoms with Gasteiger partial charge in [0.15, 0.2) is 17.5 Å². The maximum atomic E-state index is 11.9. The smallest absolute Gasteiger partial charge is 0.243 e. The lowest BCUT2D eigenvalue weighted by Gasteiger charge is -2.15. The summed E-state index contributed by atoms with van der Waals surface area (Å²) in [5.74, 6) is 1.96. The number of benzene rings is 1. The molecular weight excluding hydrogens is 503 g/mol. The number of rotatable bonds is 6. The first-order valence-electron chi connectivity index (χ1n) is 9.29. The Morgan fingerprint density at radius 2 is 2.00 bits per heavy atom. The Kier molecular flexibility index (Phi) is 9.52. The molecule has 7 nitrogen and oxygen atoms in total. The van der Waals surface area contributed by atoms with Crippen LogP contribution in [0.2, 0.25) is 0 Å². The van der Waals surface area contributed by atoms with Crippen LogP contribution in [0.5, 0.6) is 11.5 Å². The molecule has 0 unspecified atom stereocenters. The molecule has 1 aromatic heterocycles. The fourth-order valence-electron chi connectivity index (χ4n) is 2.56. The van der Waals surface area contributed by atoms with Crippen molar-refractivity contribution in [2.45, 2.75) is 12.8 Å². The van der Waals surface area contributed by atoms with Crippen molar-refractivity contribution in [3.63, 3.8) is 0 Å². The van der Waals surface area contributed by atoms with Crippen molar-refractivity contribution in [1.29, 1.82) is 0 Å². The molecule has 1 aliphatic rings. The molecule has 29 heavy (non-hydrogen) atoms. The summed E-state index contributed by atoms with van der Waals surface area (Å²) in [4.78, 5) is 19.2. The molecule has 1 amide bonds. The number of aliphatic imine (C=N–C) groups is 1. The Labute approximate surface area is 192 Å². The van der Waals surface area contributed by atoms with Gasteiger partial charge in [-0.3, -0.25) is 4.79 Å². The molecule has 0 radical (unpaired) electrons. The van der Waals surface area contributed by atoms with Gasteiger partial charge in [-0.05, 0) is 30.0 Å². The van der Waals surface area contributed by atoms with Gasteiger partial charge in [0, 0.05) is 43.7 Å². The van der Waals surface area contributed by atoms with E-state index in [2.05, 4.69) is 27.1 Å². The molecule has 0 spiro atoms. The Morgan fingerprint density at radius 3 is 2.72 bits per heavy atom. The molecule has 9 heteroatoms. The van der Waals surface area contributed by atoms with Crippen LogP contribution in [0.25, 0.3) is 0 Å². The van der Waals surface area contributed by atoms with Crippen LogP contribution in [-0.2, 0) is 11.2 Å². The second-order valence-corrected chi connectivity index (χ2v) is 7.58. The molecule has 1 aliphatic heterocycles. The fourth-order valence-corrected chi connectivity index (χ4v) is 3.27. The Hall–Kier alpha value is -2.01. The van der Waals surface area contributed by atoms with Crippen molar-refractivity contribution >= 4 is 52.9 Å². The predicted molar refractivity (Wildman–Crippen MR) is 128 cm³/mol. The average molecular weight is 530 g/mol. The number of hydrogen-bond donors (Lipinski definition) is 2. The number of carbonyl (C=O) groups is 1. The van der Waals surface area contributed by atoms with E-state index in [0.717, 1.165) is 24.3 Å². The quantitative estimate of drug-likeness (QED) is 0.341. The van der Waals surface area contributed by atoms with Crippen molar-refractivity contribution in [3.05, 3.63) is 40.6 Å². The van der Waals surface area contributed by atoms with Gasteiger partial charge in [0.2, 0.25) is 5.91 Å². The van der Waals surface area contributed by atoms with Gasteiger partial charge >= 0.3 is 0 Å². The van der Waals surface area contributed by atoms with E-state index in [1.807, 2.05) is 24.3 Å². The van der Waals surface area contributed by atoms with E-state index >= 15 is 0 Å². The highest BCUT2D eigenvalue weighted by Crippen LogP contribution is 2.32. The molecule has 0 atom stereocenters. The first-order valence-corrected chi connectivity index (χ1v) is 10.2. The number of fused-ring (bicyclic) bond motifs is 1. The number of amides is 1. The molecule has 0 saturated heterocycles. The fraction of sp³-hybridized carbons (Fsp3) is 0.400. The number of nitrogens with one attached hydrogen (secondary N) is 2. The van der Waals surface area contributed by atoms with E-state index in [-0.39, 0.29) is 36.4 Å². The lowest BCUT2D eigenvalue weighted by atomic mass is 10.2. The highest BCUT2D eigenvalue weighted by Gasteiger charge is 2.12. The normalized spacial score (nSPS) is 13.1. The van der Waals surface area contributed by atoms with Crippen LogP contribution in [0.15, 0.2) is 40.7 Å². The number of nitrogens with zero attached hydrogens (tertiary/aromatic N) is 2. The zero-order valence-electron chi connectivity index (χ0n) is 16.6. The number of carbonyl (C=O) groups excluding carboxylic acids is 1. The molecule has 0 bridgehead atoms. The van der Waals surface area contributed by atoms with Gasteiger partial charge in [0.05, 0.1) is 13.2 Å². The van der Waals surface area contributed by atoms with Crippen LogP contribution in [0.3, 0.4) is 0 Å². The van der Waals surface area contributed by atoms with Crippen molar-refractivity contribution < 1.29 is 14.3 Å². The standard InChI is InChI=1S/C20H26N4O3S.HI/c1-24(2)19(25)14-22-20(21-9-8-16-5-3-12-28-16)23-15-6-7-17-18(13-15)27-11-4-10-26-17;/h3,5-7,12-13H,4,8-11,14H2,1-2H3,(H2,21,22,23);1H. The van der Waals surface area contributed by atoms with Gasteiger partial charge in [-0.15, -0.1) is 35.3 Å². The number of halogens is 1. The highest BCUT2D eigenvalue weighted by atomic mass is 127. The number of hydrogen-bond acceptors (Lipinski definition) is 5. The lowest BCUT2D eigenvalue weighted by Crippen LogP contribution is -2.34. The van der Waals surface area contributed by atoms with Crippen molar-refractivity contribution in [3.8, 4) is 11.5 Å². The minimum absolute atomic E-state index is 0. The average Bonchev–Trinajstić information content (AvgIpc) is 3.09. The van der Waals surface area contributed by atoms with Gasteiger partial charge in [-0.1, -0.05) is 6.07 Å². The van der Waals surface area contributed by atoms with Gasteiger partial charge in [0.1, 0.15) is 6.54 Å². The molecule has 0 saturated carbocycles. The summed E-state index contributed by atoms with van der Waals surface area (Å²) < 4.78 is 11.4. The molecule has 3 rings (SSSR count). The monoisotopic (exact) mass is 530 g/mol. The van der Waals surface area contributed by atoms with Gasteiger partial charge in [0.25, 0.3) is 0 Å². The second kappa shape index (κ2) is 11.9. The van der Waals surface area contributed by atoms with Crippen LogP contribution in [-0.4, -0.2) is 57.2 Å². The topological polar surface area (TPSA) is 75.2 Å². The number of guanidine groups is 1. The molecule has 0 aliphatic carbocycles. The summed E-state index contributed by atoms with van der Waals surface area (Å²) in [5, 5.41) is 8.62. The predicted octanol–water partition coefficient (Wildman–Crippen LogP) is 3.22. The largest absolute Gasteiger partial charge is 0.490 e. The van der Waals surface area contributed by atoms with E-state index in [1.54, 1.807) is 25.4 Å². The third kappa shape index (κ3) is 7.39. The number of thiophene rings is 1. The number of anilines is 1. The summed E-state index contributed by atoms with van der Waals surface area (Å²) in [6.07, 6.45) is 1.75. The zero-order chi connectivity index (χ0) is 19.8. The number of likely N-dealkylation sites (N-methyl/N-ethyl adjacent to an activating group) is 1. The molecule has 158 valence electrons. The minimum atomic E-state index is -0.0574. The summed E-state index contributed by atoms with van der Waals surface area (Å²) in [5.41, 5.74) is 0.823. The Balaban J connectivity index is 0.00000300. The van der Waals surface area contributed by atoms with E-state index in [1.165, 1.54) is 9.78 Å². The SMILES string of the molecule is CN(C)C(=O)CN=C(NCCc1cccs1)Nc1ccc2c(c1)OCCCO2.I. The Morgan fingerprint density at radius 1 is 1.21 bits per heavy atom. The second-order valence-electron chi connectivity index (χ2n) is 6.55. The van der Waals surface area contributed by atoms with Gasteiger partial charge in [-0.25, -0.2) is 4.99 Å². The first-order chi connectivity index (χ1) is 13.6. The van der Waals surface area contributed by atoms with Crippen LogP contribution in [0.4, 0.5) is 5.69 Å². The maximum Gasteiger partial charge on any atom is 0.243 e. The van der Waals surface area contributed by atoms with Gasteiger partial charge in [-0.2, -0.15) is 0 Å². The van der Waals surface area contributed by atoms with Crippen LogP contribution in [0, 0.1) is 0 Å². The van der Waals surface area contributed by atoms with E-state index in [9.17, 15) is 4.79 Å². The molecule has 2 heterocycles. The van der Waals surface area contributed by atoms with Crippen LogP contribution >= 0.6 is 35.3 Å². The molecule has 2 aromatic rings. The van der Waals surface area contributed by atoms with Crippen LogP contribution < -0.4 is 20.1 Å². The summed E-state index contributed by atoms with van der Waals surface area (Å²) in [6, 6.07) is 9.84. The number of ether oxygens (including phenoxy) is 2. The molecule has 1 aromatic carbocycles. The summed E-state index contributed by atoms with van der Waals surface area (Å²) in [7, 11) is 3.44. The summed E-state index contributed by atoms with van der Waals surface area (Å²) in [6.45, 7) is 2.08. The highest BCUT2D eigenvalue weighted by molar-refractivity contribution is 14.0. The minimum Gasteiger partial charge on any atom is -0.490 e. The van der Waals surface area contributed by atoms with E-state index in [4.69, 9.17) is 9.47 Å². The van der Waals surface area contributed by atoms with Crippen LogP contribution in [0.1, 0.15) is 11.3 Å². The van der Waals surface area contributed by atoms with Gasteiger partial charge < -0.3 is 25.0 Å². The van der Waals surface area contributed by atoms with E-state index < -0.39 is 0 Å². The van der Waals surface area contributed by atoms with Crippen molar-refractivity contribution in [2.24, 2.45) is 4.99 Å². The summed E-state index contributed by atoms with van der Waals surface area (Å²) >= 11 is 1.73. The third-order valence-electron chi connectivity index (χ3n) is 4.13. The first kappa shape index (κ1) is 23.3. The van der Waals surface area contributed by atoms with Crippen molar-refractivity contribution in [1.82, 2.24) is 10.2 Å². The third-order valence-corrected chi connectivity index (χ3v) is 5.06. The molecule has 2 N–H and O–H groups in total. The van der Waals surface area contributed by atoms with Crippen molar-refractivity contribution in [2.75, 3.05) is 45.7 Å². The molecule has 0 fully saturated rings. The maximum absolute atomic E-state index is 11.9. The lowest BCUT2D eigenvalue weighted by molar-refractivity contribution is -0.127. The zero-order valence-corrected chi connectivity index (χ0v) is 19.8.